The topological polar surface area (TPSA) is 58.1 Å². The van der Waals surface area contributed by atoms with Gasteiger partial charge in [0.25, 0.3) is 5.91 Å². The Labute approximate surface area is 136 Å². The van der Waals surface area contributed by atoms with Crippen molar-refractivity contribution in [2.24, 2.45) is 5.92 Å². The molecule has 0 radical (unpaired) electrons. The van der Waals surface area contributed by atoms with Crippen molar-refractivity contribution in [3.8, 4) is 11.4 Å². The lowest BCUT2D eigenvalue weighted by Crippen LogP contribution is -2.48. The van der Waals surface area contributed by atoms with Gasteiger partial charge in [0, 0.05) is 50.6 Å². The number of nitrogens with zero attached hydrogens (tertiary/aromatic N) is 3. The molecule has 5 heteroatoms. The molecule has 2 heterocycles. The summed E-state index contributed by atoms with van der Waals surface area (Å²) in [5.74, 6) is 1.18. The molecule has 1 amide bonds. The Morgan fingerprint density at radius 2 is 1.87 bits per heavy atom. The van der Waals surface area contributed by atoms with Gasteiger partial charge < -0.3 is 10.2 Å². The minimum atomic E-state index is -0.0234. The standard InChI is InChI=1S/C18H22N4O/c1-3-13-4-6-15(7-5-13)17-20-10-16(11-21-17)18(23)22(2)12-14-8-19-9-14/h4-7,10-11,14,19H,3,8-9,12H2,1-2H3. The first-order valence-corrected chi connectivity index (χ1v) is 8.05. The molecule has 0 atom stereocenters. The lowest BCUT2D eigenvalue weighted by atomic mass is 10.0. The fourth-order valence-corrected chi connectivity index (χ4v) is 2.65. The number of nitrogens with one attached hydrogen (secondary N) is 1. The van der Waals surface area contributed by atoms with Crippen LogP contribution >= 0.6 is 0 Å². The average Bonchev–Trinajstić information content (AvgIpc) is 2.57. The second-order valence-electron chi connectivity index (χ2n) is 6.06. The van der Waals surface area contributed by atoms with Gasteiger partial charge in [-0.1, -0.05) is 31.2 Å². The first-order valence-electron chi connectivity index (χ1n) is 8.05. The second kappa shape index (κ2) is 6.87. The maximum atomic E-state index is 12.4. The summed E-state index contributed by atoms with van der Waals surface area (Å²) in [6.45, 7) is 4.87. The van der Waals surface area contributed by atoms with Crippen molar-refractivity contribution in [3.05, 3.63) is 47.8 Å². The molecule has 1 aliphatic heterocycles. The van der Waals surface area contributed by atoms with Crippen LogP contribution in [0, 0.1) is 5.92 Å². The molecule has 1 aliphatic rings. The molecule has 23 heavy (non-hydrogen) atoms. The quantitative estimate of drug-likeness (QED) is 0.917. The normalized spacial score (nSPS) is 14.3. The van der Waals surface area contributed by atoms with Crippen LogP contribution in [0.3, 0.4) is 0 Å². The Hall–Kier alpha value is -2.27. The highest BCUT2D eigenvalue weighted by Gasteiger charge is 2.22. The summed E-state index contributed by atoms with van der Waals surface area (Å²) in [6.07, 6.45) is 4.25. The van der Waals surface area contributed by atoms with E-state index in [1.165, 1.54) is 5.56 Å². The number of rotatable bonds is 5. The molecule has 120 valence electrons. The molecule has 1 saturated heterocycles. The summed E-state index contributed by atoms with van der Waals surface area (Å²) in [4.78, 5) is 22.8. The Bertz CT molecular complexity index is 662. The Morgan fingerprint density at radius 3 is 2.39 bits per heavy atom. The minimum absolute atomic E-state index is 0.0234. The van der Waals surface area contributed by atoms with Crippen LogP contribution in [0.15, 0.2) is 36.7 Å². The molecule has 0 aliphatic carbocycles. The van der Waals surface area contributed by atoms with Gasteiger partial charge in [0.2, 0.25) is 0 Å². The van der Waals surface area contributed by atoms with E-state index in [0.717, 1.165) is 31.6 Å². The first-order chi connectivity index (χ1) is 11.2. The summed E-state index contributed by atoms with van der Waals surface area (Å²) in [5, 5.41) is 3.22. The molecule has 2 aromatic rings. The zero-order valence-corrected chi connectivity index (χ0v) is 13.6. The van der Waals surface area contributed by atoms with Gasteiger partial charge in [-0.15, -0.1) is 0 Å². The van der Waals surface area contributed by atoms with Crippen LogP contribution in [0.2, 0.25) is 0 Å². The van der Waals surface area contributed by atoms with Crippen LogP contribution in [0.5, 0.6) is 0 Å². The van der Waals surface area contributed by atoms with Crippen molar-refractivity contribution in [2.45, 2.75) is 13.3 Å². The molecular formula is C18H22N4O. The monoisotopic (exact) mass is 310 g/mol. The molecule has 0 spiro atoms. The third kappa shape index (κ3) is 3.56. The van der Waals surface area contributed by atoms with Crippen LogP contribution in [0.25, 0.3) is 11.4 Å². The molecule has 0 saturated carbocycles. The summed E-state index contributed by atoms with van der Waals surface area (Å²) < 4.78 is 0. The molecule has 1 aromatic heterocycles. The van der Waals surface area contributed by atoms with Crippen molar-refractivity contribution in [3.63, 3.8) is 0 Å². The van der Waals surface area contributed by atoms with Gasteiger partial charge in [0.15, 0.2) is 5.82 Å². The van der Waals surface area contributed by atoms with E-state index >= 15 is 0 Å². The maximum absolute atomic E-state index is 12.4. The van der Waals surface area contributed by atoms with Gasteiger partial charge in [-0.3, -0.25) is 4.79 Å². The van der Waals surface area contributed by atoms with Crippen LogP contribution in [0.4, 0.5) is 0 Å². The zero-order chi connectivity index (χ0) is 16.2. The number of benzene rings is 1. The third-order valence-corrected chi connectivity index (χ3v) is 4.26. The van der Waals surface area contributed by atoms with E-state index in [9.17, 15) is 4.79 Å². The van der Waals surface area contributed by atoms with E-state index < -0.39 is 0 Å². The zero-order valence-electron chi connectivity index (χ0n) is 13.6. The summed E-state index contributed by atoms with van der Waals surface area (Å²) in [6, 6.07) is 8.20. The van der Waals surface area contributed by atoms with Crippen molar-refractivity contribution >= 4 is 5.91 Å². The lowest BCUT2D eigenvalue weighted by Gasteiger charge is -2.31. The fraction of sp³-hybridized carbons (Fsp3) is 0.389. The van der Waals surface area contributed by atoms with Crippen molar-refractivity contribution in [1.29, 1.82) is 0 Å². The lowest BCUT2D eigenvalue weighted by molar-refractivity contribution is 0.0755. The van der Waals surface area contributed by atoms with Crippen LogP contribution < -0.4 is 5.32 Å². The van der Waals surface area contributed by atoms with Gasteiger partial charge >= 0.3 is 0 Å². The minimum Gasteiger partial charge on any atom is -0.341 e. The molecule has 5 nitrogen and oxygen atoms in total. The number of aryl methyl sites for hydroxylation is 1. The maximum Gasteiger partial charge on any atom is 0.256 e. The van der Waals surface area contributed by atoms with Crippen molar-refractivity contribution in [2.75, 3.05) is 26.7 Å². The molecule has 1 N–H and O–H groups in total. The van der Waals surface area contributed by atoms with E-state index in [0.29, 0.717) is 17.3 Å². The Kier molecular flexibility index (Phi) is 4.67. The van der Waals surface area contributed by atoms with Gasteiger partial charge in [-0.05, 0) is 12.0 Å². The van der Waals surface area contributed by atoms with Crippen LogP contribution in [0.1, 0.15) is 22.8 Å². The summed E-state index contributed by atoms with van der Waals surface area (Å²) in [5.41, 5.74) is 2.79. The Morgan fingerprint density at radius 1 is 1.22 bits per heavy atom. The first kappa shape index (κ1) is 15.6. The number of carbonyl (C=O) groups excluding carboxylic acids is 1. The fourth-order valence-electron chi connectivity index (χ4n) is 2.65. The largest absolute Gasteiger partial charge is 0.341 e. The molecule has 0 unspecified atom stereocenters. The second-order valence-corrected chi connectivity index (χ2v) is 6.06. The van der Waals surface area contributed by atoms with Gasteiger partial charge in [-0.2, -0.15) is 0 Å². The summed E-state index contributed by atoms with van der Waals surface area (Å²) in [7, 11) is 1.83. The van der Waals surface area contributed by atoms with Crippen LogP contribution in [-0.2, 0) is 6.42 Å². The highest BCUT2D eigenvalue weighted by Crippen LogP contribution is 2.16. The van der Waals surface area contributed by atoms with E-state index in [1.807, 2.05) is 19.2 Å². The van der Waals surface area contributed by atoms with Gasteiger partial charge in [0.1, 0.15) is 0 Å². The molecule has 1 fully saturated rings. The van der Waals surface area contributed by atoms with Crippen molar-refractivity contribution < 1.29 is 4.79 Å². The van der Waals surface area contributed by atoms with E-state index in [2.05, 4.69) is 34.3 Å². The van der Waals surface area contributed by atoms with Gasteiger partial charge in [-0.25, -0.2) is 9.97 Å². The smallest absolute Gasteiger partial charge is 0.256 e. The average molecular weight is 310 g/mol. The Balaban J connectivity index is 1.68. The number of aromatic nitrogens is 2. The number of amides is 1. The number of hydrogen-bond donors (Lipinski definition) is 1. The number of hydrogen-bond acceptors (Lipinski definition) is 4. The SMILES string of the molecule is CCc1ccc(-c2ncc(C(=O)N(C)CC3CNC3)cn2)cc1. The highest BCUT2D eigenvalue weighted by atomic mass is 16.2. The van der Waals surface area contributed by atoms with E-state index in [4.69, 9.17) is 0 Å². The predicted octanol–water partition coefficient (Wildman–Crippen LogP) is 2.00. The van der Waals surface area contributed by atoms with Gasteiger partial charge in [0.05, 0.1) is 5.56 Å². The highest BCUT2D eigenvalue weighted by molar-refractivity contribution is 5.93. The summed E-state index contributed by atoms with van der Waals surface area (Å²) >= 11 is 0. The van der Waals surface area contributed by atoms with Crippen LogP contribution in [-0.4, -0.2) is 47.5 Å². The van der Waals surface area contributed by atoms with E-state index in [-0.39, 0.29) is 5.91 Å². The van der Waals surface area contributed by atoms with Crippen molar-refractivity contribution in [1.82, 2.24) is 20.2 Å². The number of carbonyl (C=O) groups is 1. The molecular weight excluding hydrogens is 288 g/mol. The molecule has 1 aromatic carbocycles. The third-order valence-electron chi connectivity index (χ3n) is 4.26. The van der Waals surface area contributed by atoms with E-state index in [1.54, 1.807) is 17.3 Å². The predicted molar refractivity (Wildman–Crippen MR) is 90.2 cm³/mol. The molecule has 3 rings (SSSR count). The molecule has 0 bridgehead atoms.